The summed E-state index contributed by atoms with van der Waals surface area (Å²) < 4.78 is 0. The summed E-state index contributed by atoms with van der Waals surface area (Å²) >= 11 is 0. The fraction of sp³-hybridized carbons (Fsp3) is 0.286. The lowest BCUT2D eigenvalue weighted by molar-refractivity contribution is -0.131. The molecule has 2 aromatic carbocycles. The van der Waals surface area contributed by atoms with E-state index in [4.69, 9.17) is 5.26 Å². The van der Waals surface area contributed by atoms with Crippen molar-refractivity contribution < 1.29 is 9.59 Å². The van der Waals surface area contributed by atoms with E-state index in [9.17, 15) is 9.59 Å². The van der Waals surface area contributed by atoms with Gasteiger partial charge >= 0.3 is 0 Å². The second-order valence-electron chi connectivity index (χ2n) is 6.92. The van der Waals surface area contributed by atoms with E-state index in [0.717, 1.165) is 22.4 Å². The van der Waals surface area contributed by atoms with Crippen LogP contribution >= 0.6 is 0 Å². The van der Waals surface area contributed by atoms with Crippen molar-refractivity contribution in [2.75, 3.05) is 10.6 Å². The van der Waals surface area contributed by atoms with Crippen LogP contribution in [0.5, 0.6) is 0 Å². The van der Waals surface area contributed by atoms with Crippen LogP contribution in [0.4, 0.5) is 11.4 Å². The van der Waals surface area contributed by atoms with E-state index in [1.165, 1.54) is 0 Å². The van der Waals surface area contributed by atoms with Crippen molar-refractivity contribution in [1.82, 2.24) is 0 Å². The summed E-state index contributed by atoms with van der Waals surface area (Å²) in [6, 6.07) is 12.8. The normalized spacial score (nSPS) is 14.2. The number of carbonyl (C=O) groups excluding carboxylic acids is 2. The van der Waals surface area contributed by atoms with Gasteiger partial charge in [0.1, 0.15) is 11.5 Å². The van der Waals surface area contributed by atoms with Gasteiger partial charge in [0.25, 0.3) is 0 Å². The largest absolute Gasteiger partial charge is 0.325 e. The van der Waals surface area contributed by atoms with Crippen LogP contribution in [0, 0.1) is 37.5 Å². The van der Waals surface area contributed by atoms with Crippen LogP contribution < -0.4 is 10.6 Å². The molecule has 0 atom stereocenters. The van der Waals surface area contributed by atoms with Gasteiger partial charge < -0.3 is 10.6 Å². The molecule has 1 aliphatic carbocycles. The van der Waals surface area contributed by atoms with Gasteiger partial charge in [-0.1, -0.05) is 29.8 Å². The third-order valence-electron chi connectivity index (χ3n) is 4.83. The summed E-state index contributed by atoms with van der Waals surface area (Å²) in [6.45, 7) is 5.89. The molecule has 0 aliphatic heterocycles. The van der Waals surface area contributed by atoms with E-state index >= 15 is 0 Å². The number of anilines is 2. The highest BCUT2D eigenvalue weighted by Gasteiger charge is 2.56. The lowest BCUT2D eigenvalue weighted by atomic mass is 10.0. The topological polar surface area (TPSA) is 82.0 Å². The number of amides is 2. The maximum absolute atomic E-state index is 12.8. The zero-order valence-corrected chi connectivity index (χ0v) is 15.1. The Labute approximate surface area is 153 Å². The van der Waals surface area contributed by atoms with Gasteiger partial charge in [-0.05, 0) is 56.9 Å². The minimum Gasteiger partial charge on any atom is -0.325 e. The van der Waals surface area contributed by atoms with Crippen LogP contribution in [0.3, 0.4) is 0 Å². The molecule has 1 saturated carbocycles. The first kappa shape index (κ1) is 17.7. The highest BCUT2D eigenvalue weighted by Crippen LogP contribution is 2.48. The Morgan fingerprint density at radius 2 is 1.58 bits per heavy atom. The summed E-state index contributed by atoms with van der Waals surface area (Å²) in [6.07, 6.45) is 1.01. The molecule has 1 fully saturated rings. The predicted molar refractivity (Wildman–Crippen MR) is 101 cm³/mol. The van der Waals surface area contributed by atoms with Crippen molar-refractivity contribution in [2.24, 2.45) is 5.41 Å². The van der Waals surface area contributed by atoms with Gasteiger partial charge in [0.15, 0.2) is 0 Å². The minimum atomic E-state index is -1.06. The molecule has 0 aromatic heterocycles. The van der Waals surface area contributed by atoms with Gasteiger partial charge in [-0.2, -0.15) is 5.26 Å². The number of aryl methyl sites for hydroxylation is 3. The predicted octanol–water partition coefficient (Wildman–Crippen LogP) is 3.84. The van der Waals surface area contributed by atoms with Gasteiger partial charge in [0.2, 0.25) is 11.8 Å². The minimum absolute atomic E-state index is 0.292. The van der Waals surface area contributed by atoms with Crippen molar-refractivity contribution in [3.05, 3.63) is 58.7 Å². The summed E-state index contributed by atoms with van der Waals surface area (Å²) in [7, 11) is 0. The molecular formula is C21H21N3O2. The van der Waals surface area contributed by atoms with Gasteiger partial charge in [0.05, 0.1) is 11.3 Å². The first-order chi connectivity index (χ1) is 12.4. The lowest BCUT2D eigenvalue weighted by Gasteiger charge is -2.18. The van der Waals surface area contributed by atoms with E-state index in [0.29, 0.717) is 24.1 Å². The number of carbonyl (C=O) groups is 2. The molecule has 0 heterocycles. The van der Waals surface area contributed by atoms with Crippen LogP contribution in [-0.2, 0) is 9.59 Å². The SMILES string of the molecule is Cc1cc(C)c(NC(=O)C2(C(=O)Nc3ccccc3C#N)CC2)c(C)c1. The Morgan fingerprint density at radius 1 is 1.00 bits per heavy atom. The van der Waals surface area contributed by atoms with Crippen LogP contribution in [0.15, 0.2) is 36.4 Å². The number of nitrogens with one attached hydrogen (secondary N) is 2. The molecule has 132 valence electrons. The number of para-hydroxylation sites is 1. The Balaban J connectivity index is 1.79. The van der Waals surface area contributed by atoms with Gasteiger partial charge in [-0.15, -0.1) is 0 Å². The maximum Gasteiger partial charge on any atom is 0.240 e. The molecule has 5 nitrogen and oxygen atoms in total. The Kier molecular flexibility index (Phi) is 4.52. The highest BCUT2D eigenvalue weighted by molar-refractivity contribution is 6.17. The second kappa shape index (κ2) is 6.64. The van der Waals surface area contributed by atoms with Crippen LogP contribution in [0.2, 0.25) is 0 Å². The van der Waals surface area contributed by atoms with Gasteiger partial charge in [-0.25, -0.2) is 0 Å². The summed E-state index contributed by atoms with van der Waals surface area (Å²) in [5.41, 5.74) is 3.58. The van der Waals surface area contributed by atoms with Crippen LogP contribution in [0.1, 0.15) is 35.1 Å². The fourth-order valence-electron chi connectivity index (χ4n) is 3.22. The van der Waals surface area contributed by atoms with Crippen molar-refractivity contribution in [3.63, 3.8) is 0 Å². The molecule has 2 aromatic rings. The average molecular weight is 347 g/mol. The van der Waals surface area contributed by atoms with Crippen LogP contribution in [-0.4, -0.2) is 11.8 Å². The molecule has 0 saturated heterocycles. The molecule has 2 amide bonds. The van der Waals surface area contributed by atoms with Crippen molar-refractivity contribution >= 4 is 23.2 Å². The monoisotopic (exact) mass is 347 g/mol. The highest BCUT2D eigenvalue weighted by atomic mass is 16.2. The molecule has 1 aliphatic rings. The number of nitriles is 1. The lowest BCUT2D eigenvalue weighted by Crippen LogP contribution is -2.36. The number of benzene rings is 2. The smallest absolute Gasteiger partial charge is 0.240 e. The average Bonchev–Trinajstić information content (AvgIpc) is 3.40. The van der Waals surface area contributed by atoms with E-state index < -0.39 is 5.41 Å². The maximum atomic E-state index is 12.8. The van der Waals surface area contributed by atoms with Gasteiger partial charge in [0, 0.05) is 5.69 Å². The zero-order chi connectivity index (χ0) is 18.9. The second-order valence-corrected chi connectivity index (χ2v) is 6.92. The van der Waals surface area contributed by atoms with Crippen LogP contribution in [0.25, 0.3) is 0 Å². The summed E-state index contributed by atoms with van der Waals surface area (Å²) in [5.74, 6) is -0.653. The molecule has 0 unspecified atom stereocenters. The molecule has 0 radical (unpaired) electrons. The Hall–Kier alpha value is -3.13. The quantitative estimate of drug-likeness (QED) is 0.824. The number of hydrogen-bond acceptors (Lipinski definition) is 3. The molecule has 3 rings (SSSR count). The number of rotatable bonds is 4. The third kappa shape index (κ3) is 3.18. The Morgan fingerprint density at radius 3 is 2.15 bits per heavy atom. The van der Waals surface area contributed by atoms with E-state index in [2.05, 4.69) is 10.6 Å². The molecule has 0 spiro atoms. The van der Waals surface area contributed by atoms with E-state index in [1.54, 1.807) is 24.3 Å². The standard InChI is InChI=1S/C21H21N3O2/c1-13-10-14(2)18(15(3)11-13)24-20(26)21(8-9-21)19(25)23-17-7-5-4-6-16(17)12-22/h4-7,10-11H,8-9H2,1-3H3,(H,23,25)(H,24,26). The number of nitrogens with zero attached hydrogens (tertiary/aromatic N) is 1. The molecule has 26 heavy (non-hydrogen) atoms. The van der Waals surface area contributed by atoms with E-state index in [-0.39, 0.29) is 11.8 Å². The zero-order valence-electron chi connectivity index (χ0n) is 15.1. The van der Waals surface area contributed by atoms with Crippen molar-refractivity contribution in [2.45, 2.75) is 33.6 Å². The van der Waals surface area contributed by atoms with Crippen molar-refractivity contribution in [1.29, 1.82) is 5.26 Å². The number of hydrogen-bond donors (Lipinski definition) is 2. The molecule has 5 heteroatoms. The summed E-state index contributed by atoms with van der Waals surface area (Å²) in [4.78, 5) is 25.6. The summed E-state index contributed by atoms with van der Waals surface area (Å²) in [5, 5.41) is 14.8. The Bertz CT molecular complexity index is 914. The molecular weight excluding hydrogens is 326 g/mol. The van der Waals surface area contributed by atoms with E-state index in [1.807, 2.05) is 39.0 Å². The molecule has 0 bridgehead atoms. The molecule has 2 N–H and O–H groups in total. The third-order valence-corrected chi connectivity index (χ3v) is 4.83. The van der Waals surface area contributed by atoms with Crippen molar-refractivity contribution in [3.8, 4) is 6.07 Å². The van der Waals surface area contributed by atoms with Gasteiger partial charge in [-0.3, -0.25) is 9.59 Å². The first-order valence-electron chi connectivity index (χ1n) is 8.57. The fourth-order valence-corrected chi connectivity index (χ4v) is 3.22. The first-order valence-corrected chi connectivity index (χ1v) is 8.57.